The maximum absolute atomic E-state index is 13.5. The van der Waals surface area contributed by atoms with Gasteiger partial charge in [-0.3, -0.25) is 0 Å². The van der Waals surface area contributed by atoms with Gasteiger partial charge in [-0.2, -0.15) is 0 Å². The van der Waals surface area contributed by atoms with Crippen LogP contribution >= 0.6 is 27.7 Å². The molecule has 0 nitrogen and oxygen atoms in total. The third kappa shape index (κ3) is 4.05. The van der Waals surface area contributed by atoms with Crippen LogP contribution in [0.5, 0.6) is 0 Å². The zero-order valence-electron chi connectivity index (χ0n) is 10.2. The van der Waals surface area contributed by atoms with Crippen LogP contribution in [0.15, 0.2) is 53.4 Å². The van der Waals surface area contributed by atoms with Crippen LogP contribution in [-0.4, -0.2) is 11.1 Å². The van der Waals surface area contributed by atoms with Crippen LogP contribution in [0, 0.1) is 11.6 Å². The van der Waals surface area contributed by atoms with Gasteiger partial charge in [-0.05, 0) is 23.8 Å². The minimum Gasteiger partial charge on any atom is -0.207 e. The molecule has 100 valence electrons. The third-order valence-corrected chi connectivity index (χ3v) is 4.76. The van der Waals surface area contributed by atoms with E-state index in [4.69, 9.17) is 0 Å². The fourth-order valence-electron chi connectivity index (χ4n) is 1.73. The Morgan fingerprint density at radius 3 is 2.47 bits per heavy atom. The van der Waals surface area contributed by atoms with Crippen LogP contribution < -0.4 is 0 Å². The second-order valence-electron chi connectivity index (χ2n) is 4.15. The Morgan fingerprint density at radius 1 is 1.05 bits per heavy atom. The van der Waals surface area contributed by atoms with Crippen molar-refractivity contribution in [3.8, 4) is 0 Å². The number of hydrogen-bond donors (Lipinski definition) is 0. The van der Waals surface area contributed by atoms with Crippen molar-refractivity contribution in [1.29, 1.82) is 0 Å². The van der Waals surface area contributed by atoms with E-state index in [-0.39, 0.29) is 11.7 Å². The van der Waals surface area contributed by atoms with E-state index < -0.39 is 5.82 Å². The average molecular weight is 343 g/mol. The van der Waals surface area contributed by atoms with Gasteiger partial charge < -0.3 is 0 Å². The molecule has 0 fully saturated rings. The second-order valence-corrected chi connectivity index (χ2v) is 5.86. The fraction of sp³-hybridized carbons (Fsp3) is 0.200. The summed E-state index contributed by atoms with van der Waals surface area (Å²) >= 11 is 4.82. The van der Waals surface area contributed by atoms with Crippen molar-refractivity contribution < 1.29 is 8.78 Å². The summed E-state index contributed by atoms with van der Waals surface area (Å²) in [6, 6.07) is 13.6. The first-order chi connectivity index (χ1) is 9.20. The normalized spacial score (nSPS) is 12.4. The summed E-state index contributed by atoms with van der Waals surface area (Å²) in [6.45, 7) is 0. The van der Waals surface area contributed by atoms with E-state index in [0.29, 0.717) is 10.6 Å². The minimum absolute atomic E-state index is 0.272. The number of hydrogen-bond acceptors (Lipinski definition) is 1. The first-order valence-electron chi connectivity index (χ1n) is 5.89. The SMILES string of the molecule is Fc1ccc(F)c(SCC(CBr)c2ccccc2)c1. The summed E-state index contributed by atoms with van der Waals surface area (Å²) in [6.07, 6.45) is 0. The van der Waals surface area contributed by atoms with Gasteiger partial charge in [0.2, 0.25) is 0 Å². The maximum atomic E-state index is 13.5. The van der Waals surface area contributed by atoms with Crippen LogP contribution in [0.25, 0.3) is 0 Å². The molecular formula is C15H13BrF2S. The van der Waals surface area contributed by atoms with Gasteiger partial charge >= 0.3 is 0 Å². The minimum atomic E-state index is -0.404. The van der Waals surface area contributed by atoms with Gasteiger partial charge in [0.25, 0.3) is 0 Å². The van der Waals surface area contributed by atoms with Crippen molar-refractivity contribution in [2.45, 2.75) is 10.8 Å². The van der Waals surface area contributed by atoms with Crippen molar-refractivity contribution in [3.63, 3.8) is 0 Å². The van der Waals surface area contributed by atoms with Gasteiger partial charge in [0.05, 0.1) is 0 Å². The highest BCUT2D eigenvalue weighted by atomic mass is 79.9. The highest BCUT2D eigenvalue weighted by Crippen LogP contribution is 2.29. The highest BCUT2D eigenvalue weighted by Gasteiger charge is 2.12. The van der Waals surface area contributed by atoms with Crippen LogP contribution in [0.3, 0.4) is 0 Å². The Hall–Kier alpha value is -0.870. The zero-order valence-corrected chi connectivity index (χ0v) is 12.6. The average Bonchev–Trinajstić information content (AvgIpc) is 2.44. The molecule has 0 saturated carbocycles. The molecule has 0 heterocycles. The lowest BCUT2D eigenvalue weighted by Gasteiger charge is -2.14. The van der Waals surface area contributed by atoms with Crippen LogP contribution in [0.1, 0.15) is 11.5 Å². The Bertz CT molecular complexity index is 531. The molecule has 0 amide bonds. The molecule has 0 aliphatic rings. The van der Waals surface area contributed by atoms with Gasteiger partial charge in [0, 0.05) is 21.9 Å². The van der Waals surface area contributed by atoms with Crippen LogP contribution in [0.4, 0.5) is 8.78 Å². The van der Waals surface area contributed by atoms with Crippen LogP contribution in [0.2, 0.25) is 0 Å². The highest BCUT2D eigenvalue weighted by molar-refractivity contribution is 9.09. The first-order valence-corrected chi connectivity index (χ1v) is 8.00. The molecular weight excluding hydrogens is 330 g/mol. The lowest BCUT2D eigenvalue weighted by Crippen LogP contribution is -2.03. The van der Waals surface area contributed by atoms with E-state index in [0.717, 1.165) is 11.4 Å². The number of rotatable bonds is 5. The molecule has 2 rings (SSSR count). The topological polar surface area (TPSA) is 0 Å². The molecule has 2 aromatic carbocycles. The van der Waals surface area contributed by atoms with Crippen molar-refractivity contribution in [1.82, 2.24) is 0 Å². The molecule has 0 aliphatic carbocycles. The maximum Gasteiger partial charge on any atom is 0.136 e. The first kappa shape index (κ1) is 14.5. The quantitative estimate of drug-likeness (QED) is 0.529. The number of benzene rings is 2. The molecule has 0 saturated heterocycles. The molecule has 0 aliphatic heterocycles. The predicted molar refractivity (Wildman–Crippen MR) is 80.1 cm³/mol. The van der Waals surface area contributed by atoms with Crippen LogP contribution in [-0.2, 0) is 0 Å². The van der Waals surface area contributed by atoms with Gasteiger partial charge in [0.15, 0.2) is 0 Å². The van der Waals surface area contributed by atoms with Crippen molar-refractivity contribution >= 4 is 27.7 Å². The number of halogens is 3. The summed E-state index contributed by atoms with van der Waals surface area (Å²) in [4.78, 5) is 0.363. The van der Waals surface area contributed by atoms with E-state index in [9.17, 15) is 8.78 Å². The van der Waals surface area contributed by atoms with E-state index in [1.807, 2.05) is 18.2 Å². The Balaban J connectivity index is 2.06. The van der Waals surface area contributed by atoms with Gasteiger partial charge in [-0.15, -0.1) is 11.8 Å². The molecule has 0 bridgehead atoms. The predicted octanol–water partition coefficient (Wildman–Crippen LogP) is 5.24. The summed E-state index contributed by atoms with van der Waals surface area (Å²) in [5, 5.41) is 0.793. The van der Waals surface area contributed by atoms with Crippen molar-refractivity contribution in [2.75, 3.05) is 11.1 Å². The lowest BCUT2D eigenvalue weighted by molar-refractivity contribution is 0.577. The molecule has 0 aromatic heterocycles. The van der Waals surface area contributed by atoms with E-state index in [1.54, 1.807) is 0 Å². The largest absolute Gasteiger partial charge is 0.207 e. The molecule has 19 heavy (non-hydrogen) atoms. The van der Waals surface area contributed by atoms with Gasteiger partial charge in [0.1, 0.15) is 11.6 Å². The summed E-state index contributed by atoms with van der Waals surface area (Å²) in [5.41, 5.74) is 1.20. The molecule has 2 aromatic rings. The monoisotopic (exact) mass is 342 g/mol. The Kier molecular flexibility index (Phi) is 5.40. The lowest BCUT2D eigenvalue weighted by atomic mass is 10.0. The fourth-order valence-corrected chi connectivity index (χ4v) is 3.73. The smallest absolute Gasteiger partial charge is 0.136 e. The Morgan fingerprint density at radius 2 is 1.79 bits per heavy atom. The number of thioether (sulfide) groups is 1. The second kappa shape index (κ2) is 7.06. The molecule has 0 radical (unpaired) electrons. The van der Waals surface area contributed by atoms with E-state index in [1.165, 1.54) is 29.5 Å². The van der Waals surface area contributed by atoms with Gasteiger partial charge in [-0.25, -0.2) is 8.78 Å². The summed E-state index contributed by atoms with van der Waals surface area (Å²) in [5.74, 6) is 0.205. The Labute approximate surface area is 124 Å². The molecule has 1 atom stereocenters. The third-order valence-electron chi connectivity index (χ3n) is 2.79. The van der Waals surface area contributed by atoms with Crippen molar-refractivity contribution in [2.24, 2.45) is 0 Å². The number of alkyl halides is 1. The summed E-state index contributed by atoms with van der Waals surface area (Å²) < 4.78 is 26.6. The van der Waals surface area contributed by atoms with Gasteiger partial charge in [-0.1, -0.05) is 46.3 Å². The molecule has 1 unspecified atom stereocenters. The molecule has 0 spiro atoms. The standard InChI is InChI=1S/C15H13BrF2S/c16-9-12(11-4-2-1-3-5-11)10-19-15-8-13(17)6-7-14(15)18/h1-8,12H,9-10H2. The molecule has 4 heteroatoms. The summed E-state index contributed by atoms with van der Waals surface area (Å²) in [7, 11) is 0. The molecule has 0 N–H and O–H groups in total. The van der Waals surface area contributed by atoms with E-state index in [2.05, 4.69) is 28.1 Å². The zero-order chi connectivity index (χ0) is 13.7. The van der Waals surface area contributed by atoms with Crippen molar-refractivity contribution in [3.05, 3.63) is 65.7 Å². The van der Waals surface area contributed by atoms with E-state index >= 15 is 0 Å².